The summed E-state index contributed by atoms with van der Waals surface area (Å²) in [5.41, 5.74) is 5.99. The lowest BCUT2D eigenvalue weighted by Gasteiger charge is -2.34. The van der Waals surface area contributed by atoms with Crippen molar-refractivity contribution in [3.63, 3.8) is 0 Å². The molecule has 0 aromatic heterocycles. The molecule has 82 valence electrons. The molecule has 2 heteroatoms. The first-order valence-corrected chi connectivity index (χ1v) is 6.32. The molecule has 1 aliphatic carbocycles. The summed E-state index contributed by atoms with van der Waals surface area (Å²) in [4.78, 5) is 2.60. The normalized spacial score (nSPS) is 31.9. The Kier molecular flexibility index (Phi) is 3.82. The Morgan fingerprint density at radius 1 is 1.00 bits per heavy atom. The van der Waals surface area contributed by atoms with E-state index in [1.54, 1.807) is 0 Å². The zero-order valence-corrected chi connectivity index (χ0v) is 9.25. The maximum Gasteiger partial charge on any atom is 0.0168 e. The first kappa shape index (κ1) is 10.4. The van der Waals surface area contributed by atoms with Gasteiger partial charge in [0.25, 0.3) is 0 Å². The molecule has 1 atom stereocenters. The van der Waals surface area contributed by atoms with Gasteiger partial charge in [0.15, 0.2) is 0 Å². The molecule has 1 aliphatic heterocycles. The average Bonchev–Trinajstić information content (AvgIpc) is 2.19. The molecule has 0 aromatic carbocycles. The van der Waals surface area contributed by atoms with Crippen molar-refractivity contribution in [3.8, 4) is 0 Å². The number of nitrogens with two attached hydrogens (primary N) is 1. The molecular weight excluding hydrogens is 172 g/mol. The largest absolute Gasteiger partial charge is 0.327 e. The first-order chi connectivity index (χ1) is 6.84. The highest BCUT2D eigenvalue weighted by molar-refractivity contribution is 4.78. The van der Waals surface area contributed by atoms with Gasteiger partial charge < -0.3 is 10.6 Å². The Labute approximate surface area is 87.8 Å². The van der Waals surface area contributed by atoms with Crippen LogP contribution in [0.3, 0.4) is 0 Å². The van der Waals surface area contributed by atoms with E-state index in [0.29, 0.717) is 6.04 Å². The van der Waals surface area contributed by atoms with Crippen molar-refractivity contribution < 1.29 is 0 Å². The van der Waals surface area contributed by atoms with Gasteiger partial charge >= 0.3 is 0 Å². The molecule has 0 radical (unpaired) electrons. The monoisotopic (exact) mass is 196 g/mol. The molecule has 1 heterocycles. The molecule has 2 N–H and O–H groups in total. The van der Waals surface area contributed by atoms with Crippen LogP contribution in [-0.2, 0) is 0 Å². The molecule has 2 nitrogen and oxygen atoms in total. The van der Waals surface area contributed by atoms with E-state index in [-0.39, 0.29) is 0 Å². The van der Waals surface area contributed by atoms with Crippen LogP contribution in [0.2, 0.25) is 0 Å². The fraction of sp³-hybridized carbons (Fsp3) is 1.00. The summed E-state index contributed by atoms with van der Waals surface area (Å²) in [5.74, 6) is 0.981. The number of nitrogens with zero attached hydrogens (tertiary/aromatic N) is 1. The first-order valence-electron chi connectivity index (χ1n) is 6.32. The van der Waals surface area contributed by atoms with E-state index in [0.717, 1.165) is 12.5 Å². The molecule has 1 saturated heterocycles. The van der Waals surface area contributed by atoms with Gasteiger partial charge in [-0.25, -0.2) is 0 Å². The molecule has 0 aromatic rings. The van der Waals surface area contributed by atoms with E-state index in [4.69, 9.17) is 5.73 Å². The molecule has 14 heavy (non-hydrogen) atoms. The van der Waals surface area contributed by atoms with Gasteiger partial charge in [0.1, 0.15) is 0 Å². The van der Waals surface area contributed by atoms with Crippen molar-refractivity contribution in [2.24, 2.45) is 11.7 Å². The quantitative estimate of drug-likeness (QED) is 0.732. The lowest BCUT2D eigenvalue weighted by molar-refractivity contribution is 0.161. The average molecular weight is 196 g/mol. The fourth-order valence-corrected chi connectivity index (χ4v) is 2.99. The summed E-state index contributed by atoms with van der Waals surface area (Å²) in [6.45, 7) is 3.77. The van der Waals surface area contributed by atoms with Crippen LogP contribution >= 0.6 is 0 Å². The molecule has 0 amide bonds. The third-order valence-corrected chi connectivity index (χ3v) is 3.78. The third kappa shape index (κ3) is 2.96. The Morgan fingerprint density at radius 2 is 1.79 bits per heavy atom. The molecule has 1 saturated carbocycles. The second kappa shape index (κ2) is 5.13. The molecule has 2 rings (SSSR count). The Bertz CT molecular complexity index is 164. The van der Waals surface area contributed by atoms with Crippen LogP contribution in [0.25, 0.3) is 0 Å². The zero-order chi connectivity index (χ0) is 9.80. The van der Waals surface area contributed by atoms with E-state index in [2.05, 4.69) is 4.90 Å². The number of likely N-dealkylation sites (tertiary alicyclic amines) is 1. The second-order valence-electron chi connectivity index (χ2n) is 5.17. The number of rotatable bonds is 2. The van der Waals surface area contributed by atoms with Crippen LogP contribution in [-0.4, -0.2) is 30.6 Å². The van der Waals surface area contributed by atoms with Crippen LogP contribution < -0.4 is 5.73 Å². The fourth-order valence-electron chi connectivity index (χ4n) is 2.99. The van der Waals surface area contributed by atoms with Crippen LogP contribution in [0.5, 0.6) is 0 Å². The lowest BCUT2D eigenvalue weighted by atomic mass is 9.88. The van der Waals surface area contributed by atoms with E-state index >= 15 is 0 Å². The highest BCUT2D eigenvalue weighted by Gasteiger charge is 2.21. The van der Waals surface area contributed by atoms with Gasteiger partial charge in [0.05, 0.1) is 0 Å². The number of piperidine rings is 1. The molecular formula is C12H24N2. The summed E-state index contributed by atoms with van der Waals surface area (Å²) in [6.07, 6.45) is 9.87. The molecule has 0 spiro atoms. The SMILES string of the molecule is N[C@H]1CCCN(CC2CCCCC2)C1. The minimum Gasteiger partial charge on any atom is -0.327 e. The van der Waals surface area contributed by atoms with Gasteiger partial charge in [-0.15, -0.1) is 0 Å². The van der Waals surface area contributed by atoms with Gasteiger partial charge in [-0.2, -0.15) is 0 Å². The smallest absolute Gasteiger partial charge is 0.0168 e. The Balaban J connectivity index is 1.72. The van der Waals surface area contributed by atoms with Crippen LogP contribution in [0.4, 0.5) is 0 Å². The summed E-state index contributed by atoms with van der Waals surface area (Å²) in [7, 11) is 0. The summed E-state index contributed by atoms with van der Waals surface area (Å²) >= 11 is 0. The topological polar surface area (TPSA) is 29.3 Å². The molecule has 0 bridgehead atoms. The van der Waals surface area contributed by atoms with Crippen molar-refractivity contribution in [3.05, 3.63) is 0 Å². The summed E-state index contributed by atoms with van der Waals surface area (Å²) in [5, 5.41) is 0. The molecule has 0 unspecified atom stereocenters. The minimum atomic E-state index is 0.451. The van der Waals surface area contributed by atoms with Crippen LogP contribution in [0.1, 0.15) is 44.9 Å². The van der Waals surface area contributed by atoms with Crippen molar-refractivity contribution in [2.45, 2.75) is 51.0 Å². The molecule has 2 fully saturated rings. The van der Waals surface area contributed by atoms with E-state index in [1.807, 2.05) is 0 Å². The van der Waals surface area contributed by atoms with E-state index in [1.165, 1.54) is 58.0 Å². The summed E-state index contributed by atoms with van der Waals surface area (Å²) in [6, 6.07) is 0.451. The van der Waals surface area contributed by atoms with Gasteiger partial charge in [-0.3, -0.25) is 0 Å². The van der Waals surface area contributed by atoms with Crippen LogP contribution in [0, 0.1) is 5.92 Å². The highest BCUT2D eigenvalue weighted by Crippen LogP contribution is 2.25. The zero-order valence-electron chi connectivity index (χ0n) is 9.25. The number of hydrogen-bond donors (Lipinski definition) is 1. The lowest BCUT2D eigenvalue weighted by Crippen LogP contribution is -2.44. The number of hydrogen-bond acceptors (Lipinski definition) is 2. The van der Waals surface area contributed by atoms with Crippen molar-refractivity contribution in [1.29, 1.82) is 0 Å². The maximum absolute atomic E-state index is 5.99. The minimum absolute atomic E-state index is 0.451. The highest BCUT2D eigenvalue weighted by atomic mass is 15.1. The van der Waals surface area contributed by atoms with E-state index < -0.39 is 0 Å². The van der Waals surface area contributed by atoms with Crippen molar-refractivity contribution in [1.82, 2.24) is 4.90 Å². The Hall–Kier alpha value is -0.0800. The van der Waals surface area contributed by atoms with Gasteiger partial charge in [-0.1, -0.05) is 19.3 Å². The predicted molar refractivity (Wildman–Crippen MR) is 60.2 cm³/mol. The molecule has 2 aliphatic rings. The maximum atomic E-state index is 5.99. The Morgan fingerprint density at radius 3 is 2.50 bits per heavy atom. The second-order valence-corrected chi connectivity index (χ2v) is 5.17. The summed E-state index contributed by atoms with van der Waals surface area (Å²) < 4.78 is 0. The van der Waals surface area contributed by atoms with Crippen molar-refractivity contribution in [2.75, 3.05) is 19.6 Å². The van der Waals surface area contributed by atoms with Crippen LogP contribution in [0.15, 0.2) is 0 Å². The third-order valence-electron chi connectivity index (χ3n) is 3.78. The van der Waals surface area contributed by atoms with Gasteiger partial charge in [-0.05, 0) is 38.1 Å². The van der Waals surface area contributed by atoms with E-state index in [9.17, 15) is 0 Å². The van der Waals surface area contributed by atoms with Crippen molar-refractivity contribution >= 4 is 0 Å². The van der Waals surface area contributed by atoms with Gasteiger partial charge in [0, 0.05) is 19.1 Å². The van der Waals surface area contributed by atoms with Gasteiger partial charge in [0.2, 0.25) is 0 Å². The predicted octanol–water partition coefficient (Wildman–Crippen LogP) is 1.99. The standard InChI is InChI=1S/C12H24N2/c13-12-7-4-8-14(10-12)9-11-5-2-1-3-6-11/h11-12H,1-10,13H2/t12-/m0/s1.